The van der Waals surface area contributed by atoms with E-state index in [1.807, 2.05) is 0 Å². The fraction of sp³-hybridized carbons (Fsp3) is 0.400. The molecule has 2 nitrogen and oxygen atoms in total. The van der Waals surface area contributed by atoms with Gasteiger partial charge in [0.25, 0.3) is 0 Å². The van der Waals surface area contributed by atoms with E-state index in [0.29, 0.717) is 0 Å². The third-order valence-electron chi connectivity index (χ3n) is 2.67. The van der Waals surface area contributed by atoms with Gasteiger partial charge in [0.05, 0.1) is 6.10 Å². The lowest BCUT2D eigenvalue weighted by atomic mass is 10.2. The van der Waals surface area contributed by atoms with Gasteiger partial charge in [0.2, 0.25) is 5.82 Å². The maximum Gasteiger partial charge on any atom is 0.200 e. The van der Waals surface area contributed by atoms with E-state index in [-0.39, 0.29) is 19.5 Å². The fourth-order valence-corrected chi connectivity index (χ4v) is 1.82. The minimum atomic E-state index is -2.18. The lowest BCUT2D eigenvalue weighted by Gasteiger charge is -2.19. The first-order chi connectivity index (χ1) is 7.93. The molecule has 0 bridgehead atoms. The third-order valence-corrected chi connectivity index (χ3v) is 2.67. The van der Waals surface area contributed by atoms with Gasteiger partial charge in [-0.3, -0.25) is 0 Å². The molecule has 0 unspecified atom stereocenters. The summed E-state index contributed by atoms with van der Waals surface area (Å²) in [4.78, 5) is 0.945. The first kappa shape index (κ1) is 12.1. The fourth-order valence-electron chi connectivity index (χ4n) is 1.82. The Morgan fingerprint density at radius 3 is 1.76 bits per heavy atom. The van der Waals surface area contributed by atoms with Crippen LogP contribution in [-0.2, 0) is 0 Å². The molecule has 0 aliphatic carbocycles. The smallest absolute Gasteiger partial charge is 0.200 e. The van der Waals surface area contributed by atoms with E-state index in [0.717, 1.165) is 4.90 Å². The third kappa shape index (κ3) is 1.84. The van der Waals surface area contributed by atoms with Gasteiger partial charge in [0, 0.05) is 13.1 Å². The van der Waals surface area contributed by atoms with Crippen molar-refractivity contribution in [3.63, 3.8) is 0 Å². The number of hydrogen-bond acceptors (Lipinski definition) is 2. The number of anilines is 1. The Morgan fingerprint density at radius 2 is 1.35 bits per heavy atom. The predicted octanol–water partition coefficient (Wildman–Crippen LogP) is 1.95. The van der Waals surface area contributed by atoms with Crippen molar-refractivity contribution in [3.05, 3.63) is 29.1 Å². The lowest BCUT2D eigenvalue weighted by Crippen LogP contribution is -2.25. The van der Waals surface area contributed by atoms with Crippen molar-refractivity contribution < 1.29 is 27.1 Å². The zero-order chi connectivity index (χ0) is 12.7. The van der Waals surface area contributed by atoms with E-state index in [4.69, 9.17) is 0 Å². The van der Waals surface area contributed by atoms with Gasteiger partial charge in [-0.2, -0.15) is 0 Å². The highest BCUT2D eigenvalue weighted by Gasteiger charge is 2.32. The van der Waals surface area contributed by atoms with Gasteiger partial charge in [-0.05, 0) is 6.42 Å². The molecule has 1 aromatic rings. The highest BCUT2D eigenvalue weighted by atomic mass is 19.2. The van der Waals surface area contributed by atoms with Gasteiger partial charge < -0.3 is 10.0 Å². The molecule has 94 valence electrons. The van der Waals surface area contributed by atoms with Crippen LogP contribution in [0.25, 0.3) is 0 Å². The van der Waals surface area contributed by atoms with Crippen molar-refractivity contribution in [2.45, 2.75) is 12.5 Å². The number of β-amino-alcohol motifs (C(OH)–C–C–N with tert-alkyl or cyclic N) is 1. The molecule has 7 heteroatoms. The number of benzene rings is 1. The molecule has 1 N–H and O–H groups in total. The average molecular weight is 253 g/mol. The van der Waals surface area contributed by atoms with Crippen LogP contribution in [0.4, 0.5) is 27.6 Å². The van der Waals surface area contributed by atoms with Gasteiger partial charge in [-0.15, -0.1) is 0 Å². The molecule has 1 saturated heterocycles. The van der Waals surface area contributed by atoms with Gasteiger partial charge in [-0.25, -0.2) is 22.0 Å². The first-order valence-corrected chi connectivity index (χ1v) is 4.88. The topological polar surface area (TPSA) is 23.5 Å². The minimum absolute atomic E-state index is 0.0412. The molecule has 1 aliphatic heterocycles. The number of nitrogens with zero attached hydrogens (tertiary/aromatic N) is 1. The summed E-state index contributed by atoms with van der Waals surface area (Å²) in [7, 11) is 0. The van der Waals surface area contributed by atoms with Crippen LogP contribution in [0, 0.1) is 29.1 Å². The summed E-state index contributed by atoms with van der Waals surface area (Å²) in [6.45, 7) is -0.113. The normalized spacial score (nSPS) is 20.1. The molecule has 0 aromatic heterocycles. The molecule has 1 aliphatic rings. The van der Waals surface area contributed by atoms with Crippen LogP contribution in [0.3, 0.4) is 0 Å². The summed E-state index contributed by atoms with van der Waals surface area (Å²) in [5, 5.41) is 9.19. The number of halogens is 5. The first-order valence-electron chi connectivity index (χ1n) is 4.88. The van der Waals surface area contributed by atoms with Gasteiger partial charge in [0.15, 0.2) is 23.3 Å². The Labute approximate surface area is 93.3 Å². The van der Waals surface area contributed by atoms with E-state index in [2.05, 4.69) is 0 Å². The summed E-state index contributed by atoms with van der Waals surface area (Å²) >= 11 is 0. The predicted molar refractivity (Wildman–Crippen MR) is 49.1 cm³/mol. The number of aliphatic hydroxyl groups is 1. The number of rotatable bonds is 1. The summed E-state index contributed by atoms with van der Waals surface area (Å²) in [6.07, 6.45) is -0.607. The zero-order valence-corrected chi connectivity index (χ0v) is 8.48. The molecule has 1 aromatic carbocycles. The van der Waals surface area contributed by atoms with Crippen molar-refractivity contribution in [2.24, 2.45) is 0 Å². The zero-order valence-electron chi connectivity index (χ0n) is 8.48. The minimum Gasteiger partial charge on any atom is -0.391 e. The Balaban J connectivity index is 2.54. The molecule has 17 heavy (non-hydrogen) atoms. The van der Waals surface area contributed by atoms with E-state index in [1.165, 1.54) is 0 Å². The monoisotopic (exact) mass is 253 g/mol. The second kappa shape index (κ2) is 4.14. The molecule has 1 fully saturated rings. The largest absolute Gasteiger partial charge is 0.391 e. The number of hydrogen-bond donors (Lipinski definition) is 1. The second-order valence-corrected chi connectivity index (χ2v) is 3.81. The van der Waals surface area contributed by atoms with Crippen LogP contribution < -0.4 is 4.90 Å². The van der Waals surface area contributed by atoms with Crippen LogP contribution in [0.15, 0.2) is 0 Å². The Kier molecular flexibility index (Phi) is 2.94. The standard InChI is InChI=1S/C10H8F5NO/c11-5-6(12)8(14)10(9(15)7(5)13)16-2-1-4(17)3-16/h4,17H,1-3H2/t4-/m0/s1. The van der Waals surface area contributed by atoms with Crippen LogP contribution in [0.2, 0.25) is 0 Å². The highest BCUT2D eigenvalue weighted by Crippen LogP contribution is 2.32. The molecular formula is C10H8F5NO. The van der Waals surface area contributed by atoms with E-state index < -0.39 is 40.9 Å². The summed E-state index contributed by atoms with van der Waals surface area (Å²) in [5.41, 5.74) is -0.974. The molecule has 0 saturated carbocycles. The molecule has 2 rings (SSSR count). The van der Waals surface area contributed by atoms with E-state index in [1.54, 1.807) is 0 Å². The summed E-state index contributed by atoms with van der Waals surface area (Å²) in [6, 6.07) is 0. The van der Waals surface area contributed by atoms with Crippen LogP contribution in [0.1, 0.15) is 6.42 Å². The van der Waals surface area contributed by atoms with Crippen molar-refractivity contribution in [3.8, 4) is 0 Å². The summed E-state index contributed by atoms with van der Waals surface area (Å²) < 4.78 is 65.2. The summed E-state index contributed by atoms with van der Waals surface area (Å²) in [5.74, 6) is -9.85. The van der Waals surface area contributed by atoms with Crippen molar-refractivity contribution in [1.82, 2.24) is 0 Å². The molecule has 0 spiro atoms. The van der Waals surface area contributed by atoms with E-state index >= 15 is 0 Å². The molecule has 0 amide bonds. The van der Waals surface area contributed by atoms with E-state index in [9.17, 15) is 27.1 Å². The maximum absolute atomic E-state index is 13.3. The van der Waals surface area contributed by atoms with Crippen molar-refractivity contribution >= 4 is 5.69 Å². The van der Waals surface area contributed by atoms with Gasteiger partial charge >= 0.3 is 0 Å². The molecular weight excluding hydrogens is 245 g/mol. The molecule has 1 atom stereocenters. The van der Waals surface area contributed by atoms with Crippen molar-refractivity contribution in [1.29, 1.82) is 0 Å². The maximum atomic E-state index is 13.3. The van der Waals surface area contributed by atoms with Crippen LogP contribution in [0.5, 0.6) is 0 Å². The quantitative estimate of drug-likeness (QED) is 0.470. The Hall–Kier alpha value is -1.37. The number of aliphatic hydroxyl groups excluding tert-OH is 1. The highest BCUT2D eigenvalue weighted by molar-refractivity contribution is 5.51. The van der Waals surface area contributed by atoms with Gasteiger partial charge in [-0.1, -0.05) is 0 Å². The molecule has 1 heterocycles. The Bertz CT molecular complexity index is 435. The second-order valence-electron chi connectivity index (χ2n) is 3.81. The van der Waals surface area contributed by atoms with Crippen molar-refractivity contribution in [2.75, 3.05) is 18.0 Å². The SMILES string of the molecule is O[C@H]1CCN(c2c(F)c(F)c(F)c(F)c2F)C1. The molecule has 0 radical (unpaired) electrons. The van der Waals surface area contributed by atoms with Crippen LogP contribution in [-0.4, -0.2) is 24.3 Å². The average Bonchev–Trinajstić information content (AvgIpc) is 2.71. The Morgan fingerprint density at radius 1 is 0.882 bits per heavy atom. The van der Waals surface area contributed by atoms with Crippen LogP contribution >= 0.6 is 0 Å². The lowest BCUT2D eigenvalue weighted by molar-refractivity contribution is 0.198. The van der Waals surface area contributed by atoms with Gasteiger partial charge in [0.1, 0.15) is 5.69 Å².